The second kappa shape index (κ2) is 9.71. The van der Waals surface area contributed by atoms with Gasteiger partial charge in [-0.1, -0.05) is 43.2 Å². The maximum Gasteiger partial charge on any atom is 0.340 e. The average Bonchev–Trinajstić information content (AvgIpc) is 3.50. The molecular weight excluding hydrogens is 440 g/mol. The molecule has 1 atom stereocenters. The van der Waals surface area contributed by atoms with E-state index in [2.05, 4.69) is 4.57 Å². The summed E-state index contributed by atoms with van der Waals surface area (Å²) in [5.74, 6) is -0.706. The molecule has 1 aliphatic carbocycles. The number of amides is 1. The topological polar surface area (TPSA) is 85.7 Å². The number of rotatable bonds is 7. The number of carbonyl (C=O) groups is 2. The van der Waals surface area contributed by atoms with Crippen molar-refractivity contribution >= 4 is 21.7 Å². The molecule has 4 rings (SSSR count). The van der Waals surface area contributed by atoms with Crippen LogP contribution in [-0.2, 0) is 25.9 Å². The number of benzene rings is 1. The molecule has 1 unspecified atom stereocenters. The molecule has 1 saturated carbocycles. The fourth-order valence-electron chi connectivity index (χ4n) is 5.18. The number of aromatic nitrogens is 1. The molecular formula is C25H32N2O5S. The van der Waals surface area contributed by atoms with E-state index in [-0.39, 0.29) is 36.1 Å². The predicted molar refractivity (Wildman–Crippen MR) is 126 cm³/mol. The van der Waals surface area contributed by atoms with E-state index in [0.29, 0.717) is 18.5 Å². The number of ether oxygens (including phenoxy) is 1. The number of aryl methyl sites for hydroxylation is 1. The summed E-state index contributed by atoms with van der Waals surface area (Å²) in [4.78, 5) is 27.7. The van der Waals surface area contributed by atoms with Crippen molar-refractivity contribution in [2.75, 3.05) is 18.1 Å². The highest BCUT2D eigenvalue weighted by Gasteiger charge is 2.39. The highest BCUT2D eigenvalue weighted by molar-refractivity contribution is 7.91. The molecule has 1 saturated heterocycles. The van der Waals surface area contributed by atoms with E-state index < -0.39 is 15.8 Å². The molecule has 2 aromatic rings. The molecule has 1 aliphatic heterocycles. The summed E-state index contributed by atoms with van der Waals surface area (Å²) in [7, 11) is -3.12. The Labute approximate surface area is 195 Å². The zero-order chi connectivity index (χ0) is 23.6. The lowest BCUT2D eigenvalue weighted by Crippen LogP contribution is -2.48. The lowest BCUT2D eigenvalue weighted by molar-refractivity contribution is -0.139. The molecule has 0 bridgehead atoms. The molecule has 178 valence electrons. The Morgan fingerprint density at radius 1 is 1.06 bits per heavy atom. The van der Waals surface area contributed by atoms with E-state index in [1.165, 1.54) is 0 Å². The molecule has 1 amide bonds. The SMILES string of the molecule is Cc1cc(C(=O)OCC(=O)N(C2CCCC2)C2CCS(=O)(=O)C2)c(C)n1Cc1ccccc1. The maximum absolute atomic E-state index is 13.1. The van der Waals surface area contributed by atoms with Crippen LogP contribution in [0.2, 0.25) is 0 Å². The monoisotopic (exact) mass is 472 g/mol. The van der Waals surface area contributed by atoms with Gasteiger partial charge in [0.2, 0.25) is 0 Å². The van der Waals surface area contributed by atoms with Crippen molar-refractivity contribution in [2.24, 2.45) is 0 Å². The number of hydrogen-bond donors (Lipinski definition) is 0. The summed E-state index contributed by atoms with van der Waals surface area (Å²) in [5.41, 5.74) is 3.32. The van der Waals surface area contributed by atoms with Gasteiger partial charge in [0.1, 0.15) is 0 Å². The van der Waals surface area contributed by atoms with E-state index in [9.17, 15) is 18.0 Å². The minimum atomic E-state index is -3.12. The van der Waals surface area contributed by atoms with Gasteiger partial charge in [0.05, 0.1) is 17.1 Å². The second-order valence-corrected chi connectivity index (χ2v) is 11.5. The van der Waals surface area contributed by atoms with Crippen LogP contribution in [0.15, 0.2) is 36.4 Å². The zero-order valence-corrected chi connectivity index (χ0v) is 20.1. The van der Waals surface area contributed by atoms with Gasteiger partial charge in [-0.15, -0.1) is 0 Å². The molecule has 33 heavy (non-hydrogen) atoms. The summed E-state index contributed by atoms with van der Waals surface area (Å²) >= 11 is 0. The first-order chi connectivity index (χ1) is 15.7. The van der Waals surface area contributed by atoms with Gasteiger partial charge in [0.15, 0.2) is 16.4 Å². The minimum absolute atomic E-state index is 0.00380. The minimum Gasteiger partial charge on any atom is -0.452 e. The van der Waals surface area contributed by atoms with Gasteiger partial charge in [0.25, 0.3) is 5.91 Å². The Hall–Kier alpha value is -2.61. The summed E-state index contributed by atoms with van der Waals surface area (Å²) in [6.07, 6.45) is 4.26. The molecule has 0 spiro atoms. The van der Waals surface area contributed by atoms with Gasteiger partial charge in [-0.2, -0.15) is 0 Å². The number of nitrogens with zero attached hydrogens (tertiary/aromatic N) is 2. The summed E-state index contributed by atoms with van der Waals surface area (Å²) < 4.78 is 31.5. The Morgan fingerprint density at radius 2 is 1.76 bits per heavy atom. The van der Waals surface area contributed by atoms with Gasteiger partial charge in [-0.25, -0.2) is 13.2 Å². The molecule has 2 heterocycles. The quantitative estimate of drug-likeness (QED) is 0.578. The first kappa shape index (κ1) is 23.5. The third-order valence-corrected chi connectivity index (χ3v) is 8.66. The molecule has 1 aromatic carbocycles. The zero-order valence-electron chi connectivity index (χ0n) is 19.3. The molecule has 2 aliphatic rings. The Bertz CT molecular complexity index is 1120. The predicted octanol–water partition coefficient (Wildman–Crippen LogP) is 3.27. The van der Waals surface area contributed by atoms with Crippen LogP contribution < -0.4 is 0 Å². The van der Waals surface area contributed by atoms with Crippen LogP contribution in [0.5, 0.6) is 0 Å². The van der Waals surface area contributed by atoms with Gasteiger partial charge >= 0.3 is 5.97 Å². The largest absolute Gasteiger partial charge is 0.452 e. The van der Waals surface area contributed by atoms with Crippen LogP contribution in [0.1, 0.15) is 59.4 Å². The first-order valence-electron chi connectivity index (χ1n) is 11.6. The number of hydrogen-bond acceptors (Lipinski definition) is 5. The van der Waals surface area contributed by atoms with Gasteiger partial charge in [-0.3, -0.25) is 4.79 Å². The molecule has 8 heteroatoms. The summed E-state index contributed by atoms with van der Waals surface area (Å²) in [6.45, 7) is 4.10. The molecule has 2 fully saturated rings. The number of sulfone groups is 1. The standard InChI is InChI=1S/C25H32N2O5S/c1-18-14-23(19(2)26(18)15-20-8-4-3-5-9-20)25(29)32-16-24(28)27(21-10-6-7-11-21)22-12-13-33(30,31)17-22/h3-5,8-9,14,21-22H,6-7,10-13,15-17H2,1-2H3. The van der Waals surface area contributed by atoms with Crippen LogP contribution in [-0.4, -0.2) is 60.0 Å². The van der Waals surface area contributed by atoms with Gasteiger partial charge in [0, 0.05) is 30.0 Å². The fraction of sp³-hybridized carbons (Fsp3) is 0.520. The Balaban J connectivity index is 1.44. The molecule has 0 radical (unpaired) electrons. The van der Waals surface area contributed by atoms with Crippen LogP contribution in [0, 0.1) is 13.8 Å². The maximum atomic E-state index is 13.1. The Kier molecular flexibility index (Phi) is 6.93. The third kappa shape index (κ3) is 5.32. The van der Waals surface area contributed by atoms with Crippen molar-refractivity contribution in [1.82, 2.24) is 9.47 Å². The third-order valence-electron chi connectivity index (χ3n) is 6.91. The second-order valence-electron chi connectivity index (χ2n) is 9.23. The molecule has 7 nitrogen and oxygen atoms in total. The van der Waals surface area contributed by atoms with Gasteiger partial charge in [-0.05, 0) is 44.7 Å². The van der Waals surface area contributed by atoms with Crippen molar-refractivity contribution in [1.29, 1.82) is 0 Å². The van der Waals surface area contributed by atoms with Crippen LogP contribution in [0.25, 0.3) is 0 Å². The lowest BCUT2D eigenvalue weighted by atomic mass is 10.1. The van der Waals surface area contributed by atoms with Crippen molar-refractivity contribution in [3.63, 3.8) is 0 Å². The highest BCUT2D eigenvalue weighted by Crippen LogP contribution is 2.29. The number of esters is 1. The van der Waals surface area contributed by atoms with Gasteiger partial charge < -0.3 is 14.2 Å². The van der Waals surface area contributed by atoms with E-state index in [1.807, 2.05) is 44.2 Å². The van der Waals surface area contributed by atoms with E-state index >= 15 is 0 Å². The van der Waals surface area contributed by atoms with Crippen LogP contribution >= 0.6 is 0 Å². The molecule has 1 aromatic heterocycles. The van der Waals surface area contributed by atoms with Crippen molar-refractivity contribution in [3.8, 4) is 0 Å². The smallest absolute Gasteiger partial charge is 0.340 e. The van der Waals surface area contributed by atoms with Crippen molar-refractivity contribution in [2.45, 2.75) is 64.6 Å². The van der Waals surface area contributed by atoms with Crippen molar-refractivity contribution in [3.05, 3.63) is 58.9 Å². The molecule has 0 N–H and O–H groups in total. The van der Waals surface area contributed by atoms with Crippen LogP contribution in [0.3, 0.4) is 0 Å². The van der Waals surface area contributed by atoms with Crippen LogP contribution in [0.4, 0.5) is 0 Å². The van der Waals surface area contributed by atoms with E-state index in [1.54, 1.807) is 11.0 Å². The number of carbonyl (C=O) groups excluding carboxylic acids is 2. The summed E-state index contributed by atoms with van der Waals surface area (Å²) in [5, 5.41) is 0. The Morgan fingerprint density at radius 3 is 2.39 bits per heavy atom. The fourth-order valence-corrected chi connectivity index (χ4v) is 6.89. The normalized spacial score (nSPS) is 20.1. The summed E-state index contributed by atoms with van der Waals surface area (Å²) in [6, 6.07) is 11.5. The van der Waals surface area contributed by atoms with Crippen molar-refractivity contribution < 1.29 is 22.7 Å². The lowest BCUT2D eigenvalue weighted by Gasteiger charge is -2.33. The highest BCUT2D eigenvalue weighted by atomic mass is 32.2. The average molecular weight is 473 g/mol. The first-order valence-corrected chi connectivity index (χ1v) is 13.5. The van der Waals surface area contributed by atoms with E-state index in [0.717, 1.165) is 42.6 Å². The van der Waals surface area contributed by atoms with E-state index in [4.69, 9.17) is 4.74 Å².